The van der Waals surface area contributed by atoms with Gasteiger partial charge in [0, 0.05) is 22.1 Å². The molecule has 0 N–H and O–H groups in total. The normalized spacial score (nSPS) is 20.3. The summed E-state index contributed by atoms with van der Waals surface area (Å²) in [5.74, 6) is 0. The van der Waals surface area contributed by atoms with Gasteiger partial charge in [0.25, 0.3) is 0 Å². The van der Waals surface area contributed by atoms with Crippen molar-refractivity contribution in [2.75, 3.05) is 4.90 Å². The van der Waals surface area contributed by atoms with E-state index < -0.39 is 258 Å². The first-order chi connectivity index (χ1) is 34.9. The summed E-state index contributed by atoms with van der Waals surface area (Å²) in [6.45, 7) is 0. The predicted octanol–water partition coefficient (Wildman–Crippen LogP) is 12.7. The van der Waals surface area contributed by atoms with Crippen LogP contribution in [0.3, 0.4) is 0 Å². The van der Waals surface area contributed by atoms with Crippen LogP contribution in [0.25, 0.3) is 65.7 Å². The van der Waals surface area contributed by atoms with Crippen molar-refractivity contribution in [2.24, 2.45) is 0 Å². The smallest absolute Gasteiger partial charge is 0.143 e. The van der Waals surface area contributed by atoms with Crippen molar-refractivity contribution >= 4 is 60.5 Å². The monoisotopic (exact) mass is 616 g/mol. The second-order valence-corrected chi connectivity index (χ2v) is 9.52. The van der Waals surface area contributed by atoms with Gasteiger partial charge in [0.1, 0.15) is 11.2 Å². The van der Waals surface area contributed by atoms with Crippen LogP contribution in [0.2, 0.25) is 0 Å². The molecule has 1 aromatic heterocycles. The number of rotatable bonds is 5. The van der Waals surface area contributed by atoms with E-state index in [1.165, 1.54) is 0 Å². The van der Waals surface area contributed by atoms with E-state index in [9.17, 15) is 13.7 Å². The fraction of sp³-hybridized carbons (Fsp3) is 0. The second kappa shape index (κ2) is 10.8. The lowest BCUT2D eigenvalue weighted by Crippen LogP contribution is -2.10. The molecule has 0 aliphatic carbocycles. The summed E-state index contributed by atoms with van der Waals surface area (Å²) >= 11 is 0. The van der Waals surface area contributed by atoms with Crippen molar-refractivity contribution in [3.63, 3.8) is 0 Å². The Labute approximate surface area is 308 Å². The summed E-state index contributed by atoms with van der Waals surface area (Å²) < 4.78 is 264. The van der Waals surface area contributed by atoms with Gasteiger partial charge in [-0.25, -0.2) is 0 Å². The number of anilines is 3. The molecule has 0 atom stereocenters. The molecule has 9 rings (SSSR count). The summed E-state index contributed by atoms with van der Waals surface area (Å²) in [7, 11) is 0. The topological polar surface area (TPSA) is 16.4 Å². The standard InChI is InChI=1S/C44H29NO/c1-2-10-30(11-3-1)31-20-25-35(26-21-31)45(36-27-22-34(23-28-36)38-17-8-14-32-12-4-6-15-37(32)38)41-18-9-19-42-43(41)40-29-24-33-13-5-7-16-39(33)44(40)46-42/h1-29H/i1D,2D,3D,4D,5D,6D,7D,8D,9D,10D,11D,12D,13D,14D,15D,16D,17D,18D,19D,20D,21D,22D,23D,24D,25D,26D,27D,28D,29D. The van der Waals surface area contributed by atoms with Gasteiger partial charge in [0.2, 0.25) is 0 Å². The quantitative estimate of drug-likeness (QED) is 0.191. The molecule has 0 aliphatic rings. The number of benzene rings is 8. The maximum atomic E-state index is 9.65. The van der Waals surface area contributed by atoms with Crippen LogP contribution in [-0.4, -0.2) is 0 Å². The SMILES string of the molecule is [2H]c1c([2H])c([2H])c(-c2c([2H])c([2H])c(N(c3c([2H])c([2H])c(-c4c([2H])c([2H])c([2H])c5c([2H])c([2H])c([2H])c([2H])c45)c([2H])c3[2H])c3c([2H])c([2H])c([2H])c4oc5c6c([2H])c([2H])c([2H])c([2H])c6c([2H])c([2H])c5c34)c([2H])c2[2H])c([2H])c1[2H]. The van der Waals surface area contributed by atoms with Gasteiger partial charge in [-0.05, 0) is 80.7 Å². The highest BCUT2D eigenvalue weighted by atomic mass is 16.3. The van der Waals surface area contributed by atoms with Gasteiger partial charge < -0.3 is 9.32 Å². The lowest BCUT2D eigenvalue weighted by molar-refractivity contribution is 0.672. The van der Waals surface area contributed by atoms with E-state index in [4.69, 9.17) is 30.5 Å². The first-order valence-corrected chi connectivity index (χ1v) is 13.3. The lowest BCUT2D eigenvalue weighted by Gasteiger charge is -2.26. The fourth-order valence-corrected chi connectivity index (χ4v) is 4.92. The van der Waals surface area contributed by atoms with Gasteiger partial charge in [0.15, 0.2) is 0 Å². The molecule has 0 saturated carbocycles. The third-order valence-corrected chi connectivity index (χ3v) is 6.94. The Hall–Kier alpha value is -6.12. The van der Waals surface area contributed by atoms with Crippen LogP contribution in [0.15, 0.2) is 180 Å². The van der Waals surface area contributed by atoms with Crippen molar-refractivity contribution in [2.45, 2.75) is 0 Å². The van der Waals surface area contributed by atoms with E-state index >= 15 is 0 Å². The van der Waals surface area contributed by atoms with Crippen LogP contribution in [0, 0.1) is 0 Å². The minimum atomic E-state index is -1.26. The van der Waals surface area contributed by atoms with Crippen molar-refractivity contribution in [1.82, 2.24) is 0 Å². The molecular formula is C44H29NO. The highest BCUT2D eigenvalue weighted by molar-refractivity contribution is 6.19. The first kappa shape index (κ1) is 10.2. The van der Waals surface area contributed by atoms with E-state index in [1.54, 1.807) is 0 Å². The number of nitrogens with zero attached hydrogens (tertiary/aromatic N) is 1. The summed E-state index contributed by atoms with van der Waals surface area (Å²) in [6, 6.07) is -29.0. The molecule has 0 bridgehead atoms. The molecule has 0 amide bonds. The van der Waals surface area contributed by atoms with E-state index in [0.717, 1.165) is 0 Å². The molecule has 2 nitrogen and oxygen atoms in total. The van der Waals surface area contributed by atoms with Crippen molar-refractivity contribution in [3.8, 4) is 22.3 Å². The Kier molecular flexibility index (Phi) is 2.39. The van der Waals surface area contributed by atoms with Gasteiger partial charge >= 0.3 is 0 Å². The van der Waals surface area contributed by atoms with Crippen molar-refractivity contribution in [3.05, 3.63) is 175 Å². The maximum Gasteiger partial charge on any atom is 0.143 e. The molecule has 0 aliphatic heterocycles. The zero-order chi connectivity index (χ0) is 55.7. The number of hydrogen-bond donors (Lipinski definition) is 0. The number of hydrogen-bond acceptors (Lipinski definition) is 2. The van der Waals surface area contributed by atoms with E-state index in [-0.39, 0.29) is 0 Å². The Bertz CT molecular complexity index is 4090. The van der Waals surface area contributed by atoms with Crippen LogP contribution < -0.4 is 4.90 Å². The average molecular weight is 617 g/mol. The van der Waals surface area contributed by atoms with Gasteiger partial charge in [-0.2, -0.15) is 0 Å². The molecule has 0 saturated heterocycles. The van der Waals surface area contributed by atoms with Crippen LogP contribution >= 0.6 is 0 Å². The van der Waals surface area contributed by atoms with Gasteiger partial charge in [-0.1, -0.05) is 133 Å². The fourth-order valence-electron chi connectivity index (χ4n) is 4.92. The minimum Gasteiger partial charge on any atom is -0.455 e. The number of fused-ring (bicyclic) bond motifs is 6. The maximum absolute atomic E-state index is 9.65. The third-order valence-electron chi connectivity index (χ3n) is 6.94. The molecule has 46 heavy (non-hydrogen) atoms. The Morgan fingerprint density at radius 1 is 0.413 bits per heavy atom. The Balaban J connectivity index is 1.54. The zero-order valence-electron chi connectivity index (χ0n) is 51.9. The second-order valence-electron chi connectivity index (χ2n) is 9.52. The minimum absolute atomic E-state index is 0.413. The van der Waals surface area contributed by atoms with Crippen molar-refractivity contribution < 1.29 is 44.2 Å². The molecule has 1 heterocycles. The third kappa shape index (κ3) is 4.35. The summed E-state index contributed by atoms with van der Waals surface area (Å²) in [5, 5.41) is -3.72. The summed E-state index contributed by atoms with van der Waals surface area (Å²) in [5.41, 5.74) is -8.04. The van der Waals surface area contributed by atoms with E-state index in [0.29, 0.717) is 4.90 Å². The molecule has 0 unspecified atom stereocenters. The number of furan rings is 1. The van der Waals surface area contributed by atoms with Gasteiger partial charge in [0.05, 0.1) is 50.8 Å². The van der Waals surface area contributed by atoms with Crippen LogP contribution in [0.1, 0.15) is 39.8 Å². The Morgan fingerprint density at radius 3 is 1.76 bits per heavy atom. The average Bonchev–Trinajstić information content (AvgIpc) is 3.77. The molecule has 0 radical (unpaired) electrons. The van der Waals surface area contributed by atoms with Gasteiger partial charge in [-0.3, -0.25) is 0 Å². The van der Waals surface area contributed by atoms with Crippen LogP contribution in [0.5, 0.6) is 0 Å². The van der Waals surface area contributed by atoms with Crippen molar-refractivity contribution in [1.29, 1.82) is 0 Å². The summed E-state index contributed by atoms with van der Waals surface area (Å²) in [4.78, 5) is 0.413. The van der Waals surface area contributed by atoms with E-state index in [2.05, 4.69) is 0 Å². The largest absolute Gasteiger partial charge is 0.455 e. The molecule has 0 spiro atoms. The van der Waals surface area contributed by atoms with Crippen LogP contribution in [0.4, 0.5) is 17.1 Å². The Morgan fingerprint density at radius 2 is 1.00 bits per heavy atom. The molecule has 8 aromatic carbocycles. The molecule has 2 heteroatoms. The van der Waals surface area contributed by atoms with E-state index in [1.807, 2.05) is 0 Å². The van der Waals surface area contributed by atoms with Crippen LogP contribution in [-0.2, 0) is 0 Å². The highest BCUT2D eigenvalue weighted by Gasteiger charge is 2.20. The predicted molar refractivity (Wildman–Crippen MR) is 194 cm³/mol. The molecule has 0 fully saturated rings. The molecule has 216 valence electrons. The lowest BCUT2D eigenvalue weighted by atomic mass is 9.98. The first-order valence-electron chi connectivity index (χ1n) is 27.8. The summed E-state index contributed by atoms with van der Waals surface area (Å²) in [6.07, 6.45) is 0. The highest BCUT2D eigenvalue weighted by Crippen LogP contribution is 2.45. The zero-order valence-corrected chi connectivity index (χ0v) is 22.9. The molecule has 9 aromatic rings. The van der Waals surface area contributed by atoms with Gasteiger partial charge in [-0.15, -0.1) is 0 Å². The molecular weight excluding hydrogens is 558 g/mol.